The van der Waals surface area contributed by atoms with Crippen LogP contribution in [0.4, 0.5) is 5.82 Å². The summed E-state index contributed by atoms with van der Waals surface area (Å²) in [5, 5.41) is 13.4. The summed E-state index contributed by atoms with van der Waals surface area (Å²) in [5.74, 6) is -0.492. The highest BCUT2D eigenvalue weighted by Gasteiger charge is 2.14. The van der Waals surface area contributed by atoms with Gasteiger partial charge in [0.1, 0.15) is 11.4 Å². The Morgan fingerprint density at radius 2 is 2.15 bits per heavy atom. The van der Waals surface area contributed by atoms with E-state index in [1.54, 1.807) is 6.07 Å². The average Bonchev–Trinajstić information content (AvgIpc) is 2.44. The molecule has 0 aliphatic rings. The molecule has 0 amide bonds. The van der Waals surface area contributed by atoms with E-state index in [2.05, 4.69) is 24.1 Å². The lowest BCUT2D eigenvalue weighted by Crippen LogP contribution is -2.18. The number of carboxylic acids is 1. The minimum absolute atomic E-state index is 0.210. The maximum absolute atomic E-state index is 11.4. The lowest BCUT2D eigenvalue weighted by Gasteiger charge is -2.16. The number of nitrogens with zero attached hydrogens (tertiary/aromatic N) is 1. The van der Waals surface area contributed by atoms with Crippen LogP contribution < -0.4 is 5.32 Å². The molecule has 2 aromatic rings. The van der Waals surface area contributed by atoms with Crippen LogP contribution in [0.15, 0.2) is 30.3 Å². The molecule has 4 nitrogen and oxygen atoms in total. The van der Waals surface area contributed by atoms with Gasteiger partial charge in [0.2, 0.25) is 0 Å². The van der Waals surface area contributed by atoms with Gasteiger partial charge in [-0.2, -0.15) is 0 Å². The van der Waals surface area contributed by atoms with Crippen LogP contribution in [0.2, 0.25) is 0 Å². The fourth-order valence-electron chi connectivity index (χ4n) is 2.20. The molecule has 0 spiro atoms. The molecule has 2 N–H and O–H groups in total. The maximum Gasteiger partial charge on any atom is 0.339 e. The van der Waals surface area contributed by atoms with E-state index >= 15 is 0 Å². The van der Waals surface area contributed by atoms with Crippen LogP contribution in [-0.4, -0.2) is 22.1 Å². The van der Waals surface area contributed by atoms with Gasteiger partial charge in [-0.1, -0.05) is 38.0 Å². The topological polar surface area (TPSA) is 62.2 Å². The van der Waals surface area contributed by atoms with Crippen LogP contribution in [0.3, 0.4) is 0 Å². The van der Waals surface area contributed by atoms with Gasteiger partial charge in [0.05, 0.1) is 5.52 Å². The molecule has 2 rings (SSSR count). The largest absolute Gasteiger partial charge is 0.478 e. The molecule has 1 atom stereocenters. The summed E-state index contributed by atoms with van der Waals surface area (Å²) in [6.07, 6.45) is 3.25. The van der Waals surface area contributed by atoms with Crippen molar-refractivity contribution in [3.05, 3.63) is 35.9 Å². The van der Waals surface area contributed by atoms with Gasteiger partial charge in [-0.15, -0.1) is 0 Å². The summed E-state index contributed by atoms with van der Waals surface area (Å²) in [4.78, 5) is 15.8. The van der Waals surface area contributed by atoms with Gasteiger partial charge in [-0.25, -0.2) is 9.78 Å². The Morgan fingerprint density at radius 3 is 2.85 bits per heavy atom. The van der Waals surface area contributed by atoms with Crippen molar-refractivity contribution >= 4 is 22.7 Å². The van der Waals surface area contributed by atoms with E-state index < -0.39 is 5.97 Å². The number of anilines is 1. The van der Waals surface area contributed by atoms with Gasteiger partial charge in [0, 0.05) is 11.4 Å². The second-order valence-electron chi connectivity index (χ2n) is 5.07. The van der Waals surface area contributed by atoms with Crippen molar-refractivity contribution in [3.63, 3.8) is 0 Å². The molecule has 0 bridgehead atoms. The molecule has 0 aliphatic heterocycles. The number of unbranched alkanes of at least 4 members (excludes halogenated alkanes) is 1. The smallest absolute Gasteiger partial charge is 0.339 e. The number of nitrogens with one attached hydrogen (secondary N) is 1. The van der Waals surface area contributed by atoms with Crippen molar-refractivity contribution in [2.45, 2.75) is 39.2 Å². The number of carbonyl (C=O) groups is 1. The van der Waals surface area contributed by atoms with E-state index in [1.807, 2.05) is 24.3 Å². The fraction of sp³-hybridized carbons (Fsp3) is 0.375. The highest BCUT2D eigenvalue weighted by atomic mass is 16.4. The number of rotatable bonds is 6. The molecule has 0 radical (unpaired) electrons. The molecular weight excluding hydrogens is 252 g/mol. The number of aromatic nitrogens is 1. The van der Waals surface area contributed by atoms with Gasteiger partial charge in [0.25, 0.3) is 0 Å². The summed E-state index contributed by atoms with van der Waals surface area (Å²) in [6.45, 7) is 4.20. The first-order valence-corrected chi connectivity index (χ1v) is 7.01. The Labute approximate surface area is 118 Å². The highest BCUT2D eigenvalue weighted by molar-refractivity contribution is 5.98. The number of carboxylic acid groups (broad SMARTS) is 1. The summed E-state index contributed by atoms with van der Waals surface area (Å²) in [6, 6.07) is 9.44. The van der Waals surface area contributed by atoms with Crippen molar-refractivity contribution in [3.8, 4) is 0 Å². The zero-order valence-corrected chi connectivity index (χ0v) is 11.9. The molecule has 20 heavy (non-hydrogen) atoms. The van der Waals surface area contributed by atoms with Crippen LogP contribution in [0, 0.1) is 0 Å². The minimum atomic E-state index is -0.951. The zero-order valence-electron chi connectivity index (χ0n) is 11.9. The second kappa shape index (κ2) is 6.37. The first kappa shape index (κ1) is 14.3. The van der Waals surface area contributed by atoms with E-state index in [9.17, 15) is 9.90 Å². The fourth-order valence-corrected chi connectivity index (χ4v) is 2.20. The van der Waals surface area contributed by atoms with E-state index in [4.69, 9.17) is 0 Å². The Morgan fingerprint density at radius 1 is 1.40 bits per heavy atom. The summed E-state index contributed by atoms with van der Waals surface area (Å²) >= 11 is 0. The Hall–Kier alpha value is -2.10. The van der Waals surface area contributed by atoms with Gasteiger partial charge < -0.3 is 10.4 Å². The third-order valence-corrected chi connectivity index (χ3v) is 3.33. The molecule has 106 valence electrons. The number of benzene rings is 1. The lowest BCUT2D eigenvalue weighted by atomic mass is 10.1. The minimum Gasteiger partial charge on any atom is -0.478 e. The zero-order chi connectivity index (χ0) is 14.5. The quantitative estimate of drug-likeness (QED) is 0.836. The molecule has 0 fully saturated rings. The predicted molar refractivity (Wildman–Crippen MR) is 81.3 cm³/mol. The van der Waals surface area contributed by atoms with E-state index in [0.29, 0.717) is 5.82 Å². The van der Waals surface area contributed by atoms with Crippen molar-refractivity contribution in [2.24, 2.45) is 0 Å². The van der Waals surface area contributed by atoms with Crippen LogP contribution in [-0.2, 0) is 0 Å². The van der Waals surface area contributed by atoms with Gasteiger partial charge in [-0.05, 0) is 25.5 Å². The molecule has 0 saturated heterocycles. The van der Waals surface area contributed by atoms with Gasteiger partial charge in [0.15, 0.2) is 0 Å². The summed E-state index contributed by atoms with van der Waals surface area (Å²) < 4.78 is 0. The van der Waals surface area contributed by atoms with Crippen molar-refractivity contribution in [2.75, 3.05) is 5.32 Å². The van der Waals surface area contributed by atoms with Crippen LogP contribution in [0.25, 0.3) is 10.9 Å². The molecule has 0 aliphatic carbocycles. The van der Waals surface area contributed by atoms with Crippen LogP contribution in [0.5, 0.6) is 0 Å². The molecule has 1 aromatic heterocycles. The van der Waals surface area contributed by atoms with Crippen molar-refractivity contribution < 1.29 is 9.90 Å². The van der Waals surface area contributed by atoms with Crippen molar-refractivity contribution in [1.29, 1.82) is 0 Å². The second-order valence-corrected chi connectivity index (χ2v) is 5.07. The first-order valence-electron chi connectivity index (χ1n) is 7.01. The lowest BCUT2D eigenvalue weighted by molar-refractivity contribution is 0.0697. The molecule has 1 unspecified atom stereocenters. The number of hydrogen-bond donors (Lipinski definition) is 2. The highest BCUT2D eigenvalue weighted by Crippen LogP contribution is 2.21. The third-order valence-electron chi connectivity index (χ3n) is 3.33. The number of fused-ring (bicyclic) bond motifs is 1. The first-order chi connectivity index (χ1) is 9.61. The van der Waals surface area contributed by atoms with E-state index in [-0.39, 0.29) is 11.6 Å². The maximum atomic E-state index is 11.4. The average molecular weight is 272 g/mol. The molecule has 1 aromatic carbocycles. The van der Waals surface area contributed by atoms with Crippen molar-refractivity contribution in [1.82, 2.24) is 4.98 Å². The Balaban J connectivity index is 2.34. The van der Waals surface area contributed by atoms with Gasteiger partial charge >= 0.3 is 5.97 Å². The van der Waals surface area contributed by atoms with E-state index in [0.717, 1.165) is 30.2 Å². The predicted octanol–water partition coefficient (Wildman–Crippen LogP) is 3.92. The monoisotopic (exact) mass is 272 g/mol. The normalized spacial score (nSPS) is 12.3. The standard InChI is InChI=1S/C16H20N2O2/c1-3-4-7-11(2)17-15-13(16(19)20)10-12-8-5-6-9-14(12)18-15/h5-6,8-11H,3-4,7H2,1-2H3,(H,17,18)(H,19,20). The molecule has 1 heterocycles. The number of para-hydroxylation sites is 1. The molecular formula is C16H20N2O2. The van der Waals surface area contributed by atoms with Gasteiger partial charge in [-0.3, -0.25) is 0 Å². The Bertz CT molecular complexity index is 610. The third kappa shape index (κ3) is 3.26. The SMILES string of the molecule is CCCCC(C)Nc1nc2ccccc2cc1C(=O)O. The van der Waals surface area contributed by atoms with E-state index in [1.165, 1.54) is 0 Å². The number of aromatic carboxylic acids is 1. The van der Waals surface area contributed by atoms with Crippen LogP contribution in [0.1, 0.15) is 43.5 Å². The number of pyridine rings is 1. The molecule has 4 heteroatoms. The number of hydrogen-bond acceptors (Lipinski definition) is 3. The molecule has 0 saturated carbocycles. The Kier molecular flexibility index (Phi) is 4.56. The van der Waals surface area contributed by atoms with Crippen LogP contribution >= 0.6 is 0 Å². The summed E-state index contributed by atoms with van der Waals surface area (Å²) in [5.41, 5.74) is 1.04. The summed E-state index contributed by atoms with van der Waals surface area (Å²) in [7, 11) is 0.